The average molecular weight is 487 g/mol. The number of ether oxygens (including phenoxy) is 2. The highest BCUT2D eigenvalue weighted by Gasteiger charge is 2.28. The highest BCUT2D eigenvalue weighted by Crippen LogP contribution is 2.32. The maximum Gasteiger partial charge on any atom is 0.350 e. The summed E-state index contributed by atoms with van der Waals surface area (Å²) in [6.45, 7) is 3.78. The second-order valence-electron chi connectivity index (χ2n) is 10.1. The van der Waals surface area contributed by atoms with E-state index < -0.39 is 5.82 Å². The molecule has 1 aliphatic carbocycles. The topological polar surface area (TPSA) is 87.4 Å². The molecule has 1 atom stereocenters. The number of nitrogens with zero attached hydrogens (tertiary/aromatic N) is 3. The van der Waals surface area contributed by atoms with Crippen molar-refractivity contribution in [2.24, 2.45) is 5.92 Å². The molecule has 2 aliphatic heterocycles. The zero-order chi connectivity index (χ0) is 24.4. The first-order valence-corrected chi connectivity index (χ1v) is 13.1. The van der Waals surface area contributed by atoms with Crippen LogP contribution in [-0.4, -0.2) is 45.6 Å². The van der Waals surface area contributed by atoms with Crippen LogP contribution in [0.4, 0.5) is 4.39 Å². The van der Waals surface area contributed by atoms with Gasteiger partial charge in [0.1, 0.15) is 23.1 Å². The molecule has 0 unspecified atom stereocenters. The summed E-state index contributed by atoms with van der Waals surface area (Å²) >= 11 is 0. The molecule has 0 radical (unpaired) electrons. The minimum absolute atomic E-state index is 0.0189. The molecule has 1 aromatic heterocycles. The number of carbonyl (C=O) groups is 1. The highest BCUT2D eigenvalue weighted by molar-refractivity contribution is 5.97. The number of halogens is 1. The number of carbonyl (C=O) groups excluding carboxylic acids is 1. The fraction of sp³-hybridized carbons (Fsp3) is 0.654. The van der Waals surface area contributed by atoms with Gasteiger partial charge in [0.25, 0.3) is 5.91 Å². The van der Waals surface area contributed by atoms with Crippen LogP contribution in [-0.2, 0) is 17.7 Å². The van der Waals surface area contributed by atoms with E-state index in [1.54, 1.807) is 4.57 Å². The molecule has 3 heterocycles. The molecular formula is C26H35FN4O4. The van der Waals surface area contributed by atoms with E-state index in [-0.39, 0.29) is 35.0 Å². The smallest absolute Gasteiger partial charge is 0.350 e. The van der Waals surface area contributed by atoms with Crippen LogP contribution in [0.5, 0.6) is 5.75 Å². The fourth-order valence-corrected chi connectivity index (χ4v) is 5.54. The predicted molar refractivity (Wildman–Crippen MR) is 129 cm³/mol. The molecule has 5 rings (SSSR count). The summed E-state index contributed by atoms with van der Waals surface area (Å²) in [5, 5.41) is 7.43. The van der Waals surface area contributed by atoms with E-state index in [2.05, 4.69) is 10.4 Å². The van der Waals surface area contributed by atoms with Gasteiger partial charge in [0.2, 0.25) is 0 Å². The summed E-state index contributed by atoms with van der Waals surface area (Å²) < 4.78 is 29.9. The van der Waals surface area contributed by atoms with Crippen molar-refractivity contribution in [3.63, 3.8) is 0 Å². The van der Waals surface area contributed by atoms with Crippen LogP contribution in [0, 0.1) is 11.7 Å². The SMILES string of the molecule is C[C@H](Oc1cc(-n2nc3n(c2=O)CCCC3)c(F)cc1C(=O)NC1CCOCC1)C1CCCCC1. The average Bonchev–Trinajstić information content (AvgIpc) is 3.22. The van der Waals surface area contributed by atoms with E-state index in [1.807, 2.05) is 6.92 Å². The van der Waals surface area contributed by atoms with Gasteiger partial charge in [-0.2, -0.15) is 4.68 Å². The monoisotopic (exact) mass is 486 g/mol. The summed E-state index contributed by atoms with van der Waals surface area (Å²) in [7, 11) is 0. The van der Waals surface area contributed by atoms with Gasteiger partial charge in [-0.15, -0.1) is 5.10 Å². The van der Waals surface area contributed by atoms with Crippen LogP contribution in [0.15, 0.2) is 16.9 Å². The summed E-state index contributed by atoms with van der Waals surface area (Å²) in [5.74, 6) is 0.301. The zero-order valence-corrected chi connectivity index (χ0v) is 20.4. The van der Waals surface area contributed by atoms with Crippen molar-refractivity contribution in [1.29, 1.82) is 0 Å². The molecule has 1 saturated carbocycles. The molecular weight excluding hydrogens is 451 g/mol. The number of amides is 1. The fourth-order valence-electron chi connectivity index (χ4n) is 5.54. The number of rotatable bonds is 6. The van der Waals surface area contributed by atoms with Gasteiger partial charge in [-0.1, -0.05) is 19.3 Å². The van der Waals surface area contributed by atoms with Crippen LogP contribution < -0.4 is 15.7 Å². The Morgan fingerprint density at radius 2 is 1.91 bits per heavy atom. The van der Waals surface area contributed by atoms with Crippen LogP contribution >= 0.6 is 0 Å². The van der Waals surface area contributed by atoms with E-state index in [4.69, 9.17) is 9.47 Å². The second-order valence-corrected chi connectivity index (χ2v) is 10.1. The number of aryl methyl sites for hydroxylation is 1. The lowest BCUT2D eigenvalue weighted by atomic mass is 9.86. The van der Waals surface area contributed by atoms with Crippen LogP contribution in [0.1, 0.15) is 80.9 Å². The van der Waals surface area contributed by atoms with Gasteiger partial charge in [-0.3, -0.25) is 9.36 Å². The molecule has 0 bridgehead atoms. The van der Waals surface area contributed by atoms with E-state index in [1.165, 1.54) is 31.4 Å². The van der Waals surface area contributed by atoms with Crippen molar-refractivity contribution in [3.05, 3.63) is 39.8 Å². The normalized spacial score (nSPS) is 20.3. The van der Waals surface area contributed by atoms with Crippen molar-refractivity contribution in [2.45, 2.75) is 89.8 Å². The van der Waals surface area contributed by atoms with Crippen LogP contribution in [0.25, 0.3) is 5.69 Å². The lowest BCUT2D eigenvalue weighted by Gasteiger charge is -2.29. The van der Waals surface area contributed by atoms with Gasteiger partial charge in [0.15, 0.2) is 0 Å². The van der Waals surface area contributed by atoms with Gasteiger partial charge < -0.3 is 14.8 Å². The third kappa shape index (κ3) is 5.15. The molecule has 190 valence electrons. The molecule has 1 saturated heterocycles. The first kappa shape index (κ1) is 24.0. The third-order valence-corrected chi connectivity index (χ3v) is 7.68. The molecule has 2 fully saturated rings. The molecule has 35 heavy (non-hydrogen) atoms. The van der Waals surface area contributed by atoms with Gasteiger partial charge in [0, 0.05) is 38.3 Å². The Morgan fingerprint density at radius 1 is 1.14 bits per heavy atom. The molecule has 8 nitrogen and oxygen atoms in total. The number of aromatic nitrogens is 3. The Kier molecular flexibility index (Phi) is 7.22. The quantitative estimate of drug-likeness (QED) is 0.672. The maximum absolute atomic E-state index is 15.4. The van der Waals surface area contributed by atoms with Gasteiger partial charge in [-0.05, 0) is 57.4 Å². The largest absolute Gasteiger partial charge is 0.490 e. The number of benzene rings is 1. The molecule has 2 aromatic rings. The molecule has 1 aromatic carbocycles. The minimum atomic E-state index is -0.669. The van der Waals surface area contributed by atoms with Crippen molar-refractivity contribution < 1.29 is 18.7 Å². The lowest BCUT2D eigenvalue weighted by molar-refractivity contribution is 0.0691. The summed E-state index contributed by atoms with van der Waals surface area (Å²) in [4.78, 5) is 26.2. The number of nitrogens with one attached hydrogen (secondary N) is 1. The van der Waals surface area contributed by atoms with Crippen molar-refractivity contribution in [3.8, 4) is 11.4 Å². The van der Waals surface area contributed by atoms with Gasteiger partial charge in [-0.25, -0.2) is 9.18 Å². The highest BCUT2D eigenvalue weighted by atomic mass is 19.1. The molecule has 1 N–H and O–H groups in total. The summed E-state index contributed by atoms with van der Waals surface area (Å²) in [5.41, 5.74) is -0.188. The van der Waals surface area contributed by atoms with Crippen LogP contribution in [0.3, 0.4) is 0 Å². The minimum Gasteiger partial charge on any atom is -0.490 e. The zero-order valence-electron chi connectivity index (χ0n) is 20.4. The Hall–Kier alpha value is -2.68. The van der Waals surface area contributed by atoms with Crippen molar-refractivity contribution >= 4 is 5.91 Å². The summed E-state index contributed by atoms with van der Waals surface area (Å²) in [6, 6.07) is 2.65. The van der Waals surface area contributed by atoms with E-state index in [9.17, 15) is 9.59 Å². The van der Waals surface area contributed by atoms with E-state index in [0.29, 0.717) is 43.7 Å². The molecule has 0 spiro atoms. The Balaban J connectivity index is 1.49. The number of hydrogen-bond acceptors (Lipinski definition) is 5. The first-order chi connectivity index (χ1) is 17.0. The number of fused-ring (bicyclic) bond motifs is 1. The second kappa shape index (κ2) is 10.5. The predicted octanol–water partition coefficient (Wildman–Crippen LogP) is 3.77. The van der Waals surface area contributed by atoms with E-state index in [0.717, 1.165) is 43.2 Å². The van der Waals surface area contributed by atoms with Crippen molar-refractivity contribution in [2.75, 3.05) is 13.2 Å². The van der Waals surface area contributed by atoms with E-state index >= 15 is 4.39 Å². The van der Waals surface area contributed by atoms with Crippen molar-refractivity contribution in [1.82, 2.24) is 19.7 Å². The van der Waals surface area contributed by atoms with Gasteiger partial charge in [0.05, 0.1) is 11.7 Å². The molecule has 3 aliphatic rings. The Morgan fingerprint density at radius 3 is 2.66 bits per heavy atom. The molecule has 9 heteroatoms. The molecule has 1 amide bonds. The standard InChI is InChI=1S/C26H35FN4O4/c1-17(18-7-3-2-4-8-18)35-23-16-22(31-26(33)30-12-6-5-9-24(30)29-31)21(27)15-20(23)25(32)28-19-10-13-34-14-11-19/h15-19H,2-14H2,1H3,(H,28,32)/t17-/m0/s1. The maximum atomic E-state index is 15.4. The first-order valence-electron chi connectivity index (χ1n) is 13.1. The third-order valence-electron chi connectivity index (χ3n) is 7.68. The Bertz CT molecular complexity index is 1120. The Labute approximate surface area is 204 Å². The van der Waals surface area contributed by atoms with Gasteiger partial charge >= 0.3 is 5.69 Å². The van der Waals surface area contributed by atoms with Crippen LogP contribution in [0.2, 0.25) is 0 Å². The summed E-state index contributed by atoms with van der Waals surface area (Å²) in [6.07, 6.45) is 9.57. The number of hydrogen-bond donors (Lipinski definition) is 1. The lowest BCUT2D eigenvalue weighted by Crippen LogP contribution is -2.39.